The number of hydrogen-bond donors (Lipinski definition) is 1. The van der Waals surface area contributed by atoms with E-state index in [2.05, 4.69) is 62.3 Å². The molecule has 0 amide bonds. The van der Waals surface area contributed by atoms with Gasteiger partial charge in [-0.05, 0) is 101 Å². The molecule has 1 aliphatic heterocycles. The molecule has 232 valence electrons. The highest BCUT2D eigenvalue weighted by Crippen LogP contribution is 2.34. The number of aryl methyl sites for hydroxylation is 1. The van der Waals surface area contributed by atoms with E-state index in [0.717, 1.165) is 82.5 Å². The largest absolute Gasteiger partial charge is 0.391 e. The van der Waals surface area contributed by atoms with Crippen LogP contribution in [-0.2, 0) is 30.5 Å². The van der Waals surface area contributed by atoms with Crippen molar-refractivity contribution in [3.8, 4) is 0 Å². The molecule has 0 bridgehead atoms. The van der Waals surface area contributed by atoms with Crippen LogP contribution in [0.4, 0.5) is 5.69 Å². The summed E-state index contributed by atoms with van der Waals surface area (Å²) in [5, 5.41) is 11.2. The summed E-state index contributed by atoms with van der Waals surface area (Å²) in [6, 6.07) is 6.54. The third kappa shape index (κ3) is 9.44. The third-order valence-electron chi connectivity index (χ3n) is 8.73. The molecule has 1 atom stereocenters. The zero-order chi connectivity index (χ0) is 30.4. The van der Waals surface area contributed by atoms with Crippen molar-refractivity contribution in [1.29, 1.82) is 0 Å². The van der Waals surface area contributed by atoms with Crippen LogP contribution in [0.2, 0.25) is 0 Å². The fourth-order valence-electron chi connectivity index (χ4n) is 6.41. The van der Waals surface area contributed by atoms with E-state index < -0.39 is 0 Å². The van der Waals surface area contributed by atoms with E-state index in [1.165, 1.54) is 47.3 Å². The van der Waals surface area contributed by atoms with Gasteiger partial charge in [-0.15, -0.1) is 0 Å². The highest BCUT2D eigenvalue weighted by atomic mass is 16.5. The number of aliphatic hydroxyl groups is 1. The first-order valence-corrected chi connectivity index (χ1v) is 16.6. The quantitative estimate of drug-likeness (QED) is 0.207. The molecular weight excluding hydrogens is 508 g/mol. The molecule has 0 saturated carbocycles. The number of ether oxygens (including phenoxy) is 1. The van der Waals surface area contributed by atoms with Gasteiger partial charge in [-0.3, -0.25) is 4.79 Å². The lowest BCUT2D eigenvalue weighted by molar-refractivity contribution is 0.0753. The van der Waals surface area contributed by atoms with Crippen LogP contribution in [0.3, 0.4) is 0 Å². The van der Waals surface area contributed by atoms with Crippen LogP contribution in [0.25, 0.3) is 0 Å². The molecule has 1 saturated heterocycles. The van der Waals surface area contributed by atoms with Crippen molar-refractivity contribution in [2.24, 2.45) is 5.92 Å². The minimum Gasteiger partial charge on any atom is -0.391 e. The van der Waals surface area contributed by atoms with E-state index in [1.807, 2.05) is 13.8 Å². The number of rotatable bonds is 12. The van der Waals surface area contributed by atoms with Crippen LogP contribution >= 0.6 is 0 Å². The van der Waals surface area contributed by atoms with Gasteiger partial charge in [-0.25, -0.2) is 0 Å². The maximum atomic E-state index is 12.3. The Balaban J connectivity index is 0.000000459. The Labute approximate surface area is 251 Å². The average Bonchev–Trinajstić information content (AvgIpc) is 3.57. The van der Waals surface area contributed by atoms with Gasteiger partial charge in [-0.2, -0.15) is 0 Å². The number of unbranched alkanes of at least 4 members (excludes halogenated alkanes) is 2. The van der Waals surface area contributed by atoms with Crippen molar-refractivity contribution in [2.45, 2.75) is 132 Å². The molecule has 1 N–H and O–H groups in total. The molecule has 0 radical (unpaired) electrons. The Morgan fingerprint density at radius 3 is 2.34 bits per heavy atom. The number of Topliss-reactive ketones (excluding diaryl/α,β-unsaturated/α-hetero) is 1. The molecule has 0 spiro atoms. The van der Waals surface area contributed by atoms with E-state index >= 15 is 0 Å². The van der Waals surface area contributed by atoms with Crippen LogP contribution in [0, 0.1) is 19.8 Å². The Hall–Kier alpha value is -2.11. The van der Waals surface area contributed by atoms with Crippen LogP contribution in [0.15, 0.2) is 18.2 Å². The van der Waals surface area contributed by atoms with Crippen molar-refractivity contribution in [2.75, 3.05) is 31.2 Å². The Morgan fingerprint density at radius 1 is 1.02 bits per heavy atom. The monoisotopic (exact) mass is 568 g/mol. The van der Waals surface area contributed by atoms with Crippen molar-refractivity contribution in [1.82, 2.24) is 4.57 Å². The topological polar surface area (TPSA) is 54.7 Å². The fraction of sp³-hybridized carbons (Fsp3) is 0.694. The predicted octanol–water partition coefficient (Wildman–Crippen LogP) is 8.27. The molecule has 2 aromatic rings. The molecule has 5 nitrogen and oxygen atoms in total. The van der Waals surface area contributed by atoms with Gasteiger partial charge in [0.1, 0.15) is 0 Å². The predicted molar refractivity (Wildman–Crippen MR) is 175 cm³/mol. The number of carbonyl (C=O) groups excluding carboxylic acids is 1. The first-order chi connectivity index (χ1) is 19.8. The minimum absolute atomic E-state index is 0.181. The summed E-state index contributed by atoms with van der Waals surface area (Å²) in [5.41, 5.74) is 8.69. The third-order valence-corrected chi connectivity index (χ3v) is 8.73. The highest BCUT2D eigenvalue weighted by Gasteiger charge is 2.31. The van der Waals surface area contributed by atoms with Gasteiger partial charge in [0.25, 0.3) is 0 Å². The van der Waals surface area contributed by atoms with Crippen molar-refractivity contribution in [3.63, 3.8) is 0 Å². The van der Waals surface area contributed by atoms with Gasteiger partial charge in [0.2, 0.25) is 0 Å². The van der Waals surface area contributed by atoms with E-state index in [-0.39, 0.29) is 11.9 Å². The van der Waals surface area contributed by atoms with E-state index in [9.17, 15) is 9.90 Å². The number of anilines is 1. The van der Waals surface area contributed by atoms with Crippen molar-refractivity contribution in [3.05, 3.63) is 51.8 Å². The molecule has 41 heavy (non-hydrogen) atoms. The molecular formula is C36H60N2O3. The minimum atomic E-state index is -0.354. The van der Waals surface area contributed by atoms with Crippen LogP contribution in [0.5, 0.6) is 0 Å². The summed E-state index contributed by atoms with van der Waals surface area (Å²) in [5.74, 6) is 0.497. The second kappa shape index (κ2) is 18.4. The zero-order valence-corrected chi connectivity index (χ0v) is 27.7. The summed E-state index contributed by atoms with van der Waals surface area (Å²) in [6.45, 7) is 21.1. The summed E-state index contributed by atoms with van der Waals surface area (Å²) >= 11 is 0. The Bertz CT molecular complexity index is 1040. The SMILES string of the molecule is CC.CCCCCOCCC.CCc1c(C(C)=O)c2c(n1CC(O)C1CCN(c3cccc(C)c3C)CC1)CCC2. The van der Waals surface area contributed by atoms with Gasteiger partial charge >= 0.3 is 0 Å². The van der Waals surface area contributed by atoms with Crippen LogP contribution in [0.1, 0.15) is 125 Å². The number of nitrogens with zero attached hydrogens (tertiary/aromatic N) is 2. The zero-order valence-electron chi connectivity index (χ0n) is 27.7. The summed E-state index contributed by atoms with van der Waals surface area (Å²) in [4.78, 5) is 14.8. The van der Waals surface area contributed by atoms with Gasteiger partial charge in [0, 0.05) is 55.5 Å². The number of hydrogen-bond acceptors (Lipinski definition) is 4. The number of ketones is 1. The Kier molecular flexibility index (Phi) is 15.8. The van der Waals surface area contributed by atoms with Crippen LogP contribution in [-0.4, -0.2) is 47.9 Å². The number of benzene rings is 1. The molecule has 1 aromatic heterocycles. The molecule has 4 rings (SSSR count). The Morgan fingerprint density at radius 2 is 1.73 bits per heavy atom. The van der Waals surface area contributed by atoms with E-state index in [1.54, 1.807) is 6.92 Å². The van der Waals surface area contributed by atoms with Gasteiger partial charge in [-0.1, -0.05) is 59.6 Å². The van der Waals surface area contributed by atoms with Crippen molar-refractivity contribution < 1.29 is 14.6 Å². The molecule has 2 aliphatic rings. The number of carbonyl (C=O) groups is 1. The second-order valence-electron chi connectivity index (χ2n) is 11.6. The van der Waals surface area contributed by atoms with Crippen molar-refractivity contribution >= 4 is 11.5 Å². The van der Waals surface area contributed by atoms with Gasteiger partial charge in [0.15, 0.2) is 5.78 Å². The molecule has 2 heterocycles. The van der Waals surface area contributed by atoms with E-state index in [0.29, 0.717) is 12.5 Å². The lowest BCUT2D eigenvalue weighted by Crippen LogP contribution is -2.39. The van der Waals surface area contributed by atoms with Gasteiger partial charge < -0.3 is 19.3 Å². The van der Waals surface area contributed by atoms with Crippen LogP contribution < -0.4 is 4.90 Å². The highest BCUT2D eigenvalue weighted by molar-refractivity contribution is 5.97. The standard InChI is InChI=1S/C26H36N2O2.C8H18O.C2H6/c1-5-22-26(19(4)29)21-9-7-11-24(21)28(22)16-25(30)20-12-14-27(15-13-20)23-10-6-8-17(2)18(23)3;1-3-5-6-8-9-7-4-2;1-2/h6,8,10,20,25,30H,5,7,9,11-16H2,1-4H3;3-8H2,1-2H3;1-2H3. The normalized spacial score (nSPS) is 15.5. The average molecular weight is 569 g/mol. The molecule has 1 fully saturated rings. The molecule has 1 aromatic carbocycles. The smallest absolute Gasteiger partial charge is 0.161 e. The second-order valence-corrected chi connectivity index (χ2v) is 11.6. The lowest BCUT2D eigenvalue weighted by atomic mass is 9.90. The number of fused-ring (bicyclic) bond motifs is 1. The molecule has 5 heteroatoms. The van der Waals surface area contributed by atoms with E-state index in [4.69, 9.17) is 4.74 Å². The maximum Gasteiger partial charge on any atom is 0.161 e. The van der Waals surface area contributed by atoms with Gasteiger partial charge in [0.05, 0.1) is 6.10 Å². The summed E-state index contributed by atoms with van der Waals surface area (Å²) in [7, 11) is 0. The number of aliphatic hydroxyl groups excluding tert-OH is 1. The first-order valence-electron chi connectivity index (χ1n) is 16.6. The fourth-order valence-corrected chi connectivity index (χ4v) is 6.41. The molecule has 1 aliphatic carbocycles. The number of piperidine rings is 1. The number of aromatic nitrogens is 1. The molecule has 1 unspecified atom stereocenters. The maximum absolute atomic E-state index is 12.3. The summed E-state index contributed by atoms with van der Waals surface area (Å²) in [6.07, 6.45) is 10.7. The summed E-state index contributed by atoms with van der Waals surface area (Å²) < 4.78 is 7.59. The first kappa shape index (κ1) is 35.1. The lowest BCUT2D eigenvalue weighted by Gasteiger charge is -2.37.